The Morgan fingerprint density at radius 2 is 1.82 bits per heavy atom. The van der Waals surface area contributed by atoms with E-state index in [4.69, 9.17) is 12.2 Å². The van der Waals surface area contributed by atoms with Gasteiger partial charge in [-0.3, -0.25) is 4.98 Å². The van der Waals surface area contributed by atoms with Crippen LogP contribution in [0, 0.1) is 0 Å². The van der Waals surface area contributed by atoms with E-state index in [9.17, 15) is 0 Å². The molecule has 0 aliphatic heterocycles. The van der Waals surface area contributed by atoms with Gasteiger partial charge in [0.15, 0.2) is 5.11 Å². The number of rotatable bonds is 6. The lowest BCUT2D eigenvalue weighted by atomic mass is 10.1. The second-order valence-corrected chi connectivity index (χ2v) is 5.81. The number of thiocarbonyl (C=S) groups is 1. The second kappa shape index (κ2) is 8.49. The molecule has 2 aromatic rings. The van der Waals surface area contributed by atoms with Crippen molar-refractivity contribution in [3.8, 4) is 0 Å². The smallest absolute Gasteiger partial charge is 0.171 e. The Hall–Kier alpha value is -1.94. The SMILES string of the molecule is CCCCc1ccc(NC(=S)N[C@@H](C)c2ccncc2)cc1. The first-order chi connectivity index (χ1) is 10.7. The van der Waals surface area contributed by atoms with Crippen LogP contribution in [0.15, 0.2) is 48.8 Å². The summed E-state index contributed by atoms with van der Waals surface area (Å²) < 4.78 is 0. The molecule has 0 unspecified atom stereocenters. The highest BCUT2D eigenvalue weighted by Gasteiger charge is 2.06. The predicted octanol–water partition coefficient (Wildman–Crippen LogP) is 4.47. The Balaban J connectivity index is 1.86. The fourth-order valence-corrected chi connectivity index (χ4v) is 2.53. The van der Waals surface area contributed by atoms with Crippen LogP contribution >= 0.6 is 12.2 Å². The highest BCUT2D eigenvalue weighted by atomic mass is 32.1. The molecule has 22 heavy (non-hydrogen) atoms. The molecule has 2 rings (SSSR count). The predicted molar refractivity (Wildman–Crippen MR) is 97.1 cm³/mol. The van der Waals surface area contributed by atoms with Gasteiger partial charge in [-0.2, -0.15) is 0 Å². The number of unbranched alkanes of at least 4 members (excludes halogenated alkanes) is 1. The summed E-state index contributed by atoms with van der Waals surface area (Å²) >= 11 is 5.38. The zero-order chi connectivity index (χ0) is 15.8. The summed E-state index contributed by atoms with van der Waals surface area (Å²) in [5.74, 6) is 0. The summed E-state index contributed by atoms with van der Waals surface area (Å²) in [6.45, 7) is 4.29. The van der Waals surface area contributed by atoms with Gasteiger partial charge in [0.05, 0.1) is 6.04 Å². The summed E-state index contributed by atoms with van der Waals surface area (Å²) in [5.41, 5.74) is 3.55. The van der Waals surface area contributed by atoms with Crippen molar-refractivity contribution >= 4 is 23.0 Å². The van der Waals surface area contributed by atoms with Crippen molar-refractivity contribution in [2.45, 2.75) is 39.2 Å². The van der Waals surface area contributed by atoms with Gasteiger partial charge in [-0.15, -0.1) is 0 Å². The highest BCUT2D eigenvalue weighted by molar-refractivity contribution is 7.80. The fraction of sp³-hybridized carbons (Fsp3) is 0.333. The largest absolute Gasteiger partial charge is 0.356 e. The van der Waals surface area contributed by atoms with Gasteiger partial charge in [-0.05, 0) is 67.4 Å². The van der Waals surface area contributed by atoms with E-state index in [2.05, 4.69) is 53.7 Å². The van der Waals surface area contributed by atoms with E-state index in [-0.39, 0.29) is 6.04 Å². The molecule has 116 valence electrons. The molecule has 0 spiro atoms. The van der Waals surface area contributed by atoms with Crippen LogP contribution in [-0.4, -0.2) is 10.1 Å². The third-order valence-corrected chi connectivity index (χ3v) is 3.80. The van der Waals surface area contributed by atoms with Crippen LogP contribution in [0.5, 0.6) is 0 Å². The Kier molecular flexibility index (Phi) is 6.34. The number of benzene rings is 1. The quantitative estimate of drug-likeness (QED) is 0.771. The molecule has 0 saturated heterocycles. The van der Waals surface area contributed by atoms with Crippen molar-refractivity contribution in [1.82, 2.24) is 10.3 Å². The zero-order valence-electron chi connectivity index (χ0n) is 13.2. The molecule has 0 aliphatic carbocycles. The molecule has 2 N–H and O–H groups in total. The lowest BCUT2D eigenvalue weighted by molar-refractivity contribution is 0.721. The van der Waals surface area contributed by atoms with E-state index in [0.29, 0.717) is 5.11 Å². The number of hydrogen-bond acceptors (Lipinski definition) is 2. The number of hydrogen-bond donors (Lipinski definition) is 2. The third-order valence-electron chi connectivity index (χ3n) is 3.58. The number of nitrogens with one attached hydrogen (secondary N) is 2. The van der Waals surface area contributed by atoms with Crippen molar-refractivity contribution < 1.29 is 0 Å². The van der Waals surface area contributed by atoms with E-state index in [1.807, 2.05) is 12.1 Å². The number of aryl methyl sites for hydroxylation is 1. The monoisotopic (exact) mass is 313 g/mol. The Labute approximate surface area is 138 Å². The molecule has 1 atom stereocenters. The van der Waals surface area contributed by atoms with Gasteiger partial charge in [0.1, 0.15) is 0 Å². The van der Waals surface area contributed by atoms with Crippen molar-refractivity contribution in [3.05, 3.63) is 59.9 Å². The van der Waals surface area contributed by atoms with Crippen LogP contribution in [0.4, 0.5) is 5.69 Å². The van der Waals surface area contributed by atoms with Crippen molar-refractivity contribution in [2.75, 3.05) is 5.32 Å². The van der Waals surface area contributed by atoms with Gasteiger partial charge >= 0.3 is 0 Å². The maximum atomic E-state index is 5.38. The number of anilines is 1. The van der Waals surface area contributed by atoms with Gasteiger partial charge in [-0.25, -0.2) is 0 Å². The normalized spacial score (nSPS) is 11.7. The maximum absolute atomic E-state index is 5.38. The van der Waals surface area contributed by atoms with Gasteiger partial charge < -0.3 is 10.6 Å². The first-order valence-electron chi connectivity index (χ1n) is 7.75. The molecular formula is C18H23N3S. The molecule has 0 amide bonds. The Bertz CT molecular complexity index is 581. The molecule has 0 fully saturated rings. The summed E-state index contributed by atoms with van der Waals surface area (Å²) in [6, 6.07) is 12.6. The molecule has 0 aliphatic rings. The first kappa shape index (κ1) is 16.4. The number of aromatic nitrogens is 1. The average molecular weight is 313 g/mol. The molecule has 0 saturated carbocycles. The molecule has 3 nitrogen and oxygen atoms in total. The molecule has 4 heteroatoms. The lowest BCUT2D eigenvalue weighted by Crippen LogP contribution is -2.30. The second-order valence-electron chi connectivity index (χ2n) is 5.40. The van der Waals surface area contributed by atoms with E-state index < -0.39 is 0 Å². The van der Waals surface area contributed by atoms with Crippen LogP contribution in [0.1, 0.15) is 43.9 Å². The van der Waals surface area contributed by atoms with E-state index in [1.54, 1.807) is 12.4 Å². The summed E-state index contributed by atoms with van der Waals surface area (Å²) in [4.78, 5) is 4.03. The number of pyridine rings is 1. The van der Waals surface area contributed by atoms with Crippen LogP contribution in [-0.2, 0) is 6.42 Å². The first-order valence-corrected chi connectivity index (χ1v) is 8.16. The van der Waals surface area contributed by atoms with Gasteiger partial charge in [0, 0.05) is 18.1 Å². The summed E-state index contributed by atoms with van der Waals surface area (Å²) in [7, 11) is 0. The third kappa shape index (κ3) is 5.11. The fourth-order valence-electron chi connectivity index (χ4n) is 2.23. The van der Waals surface area contributed by atoms with E-state index in [0.717, 1.165) is 17.7 Å². The standard InChI is InChI=1S/C18H23N3S/c1-3-4-5-15-6-8-17(9-7-15)21-18(22)20-14(2)16-10-12-19-13-11-16/h6-14H,3-5H2,1-2H3,(H2,20,21,22)/t14-/m0/s1. The Morgan fingerprint density at radius 1 is 1.14 bits per heavy atom. The average Bonchev–Trinajstić information content (AvgIpc) is 2.55. The van der Waals surface area contributed by atoms with Crippen LogP contribution in [0.3, 0.4) is 0 Å². The van der Waals surface area contributed by atoms with Gasteiger partial charge in [0.2, 0.25) is 0 Å². The molecule has 0 radical (unpaired) electrons. The number of nitrogens with zero attached hydrogens (tertiary/aromatic N) is 1. The van der Waals surface area contributed by atoms with E-state index >= 15 is 0 Å². The Morgan fingerprint density at radius 3 is 2.45 bits per heavy atom. The molecule has 1 heterocycles. The summed E-state index contributed by atoms with van der Waals surface area (Å²) in [5, 5.41) is 7.15. The summed E-state index contributed by atoms with van der Waals surface area (Å²) in [6.07, 6.45) is 7.17. The van der Waals surface area contributed by atoms with E-state index in [1.165, 1.54) is 18.4 Å². The molecule has 1 aromatic carbocycles. The topological polar surface area (TPSA) is 37.0 Å². The molecule has 0 bridgehead atoms. The minimum absolute atomic E-state index is 0.145. The minimum Gasteiger partial charge on any atom is -0.356 e. The maximum Gasteiger partial charge on any atom is 0.171 e. The van der Waals surface area contributed by atoms with Crippen LogP contribution in [0.2, 0.25) is 0 Å². The van der Waals surface area contributed by atoms with Crippen LogP contribution in [0.25, 0.3) is 0 Å². The zero-order valence-corrected chi connectivity index (χ0v) is 14.0. The lowest BCUT2D eigenvalue weighted by Gasteiger charge is -2.17. The van der Waals surface area contributed by atoms with Gasteiger partial charge in [0.25, 0.3) is 0 Å². The van der Waals surface area contributed by atoms with Crippen molar-refractivity contribution in [1.29, 1.82) is 0 Å². The van der Waals surface area contributed by atoms with Crippen molar-refractivity contribution in [2.24, 2.45) is 0 Å². The van der Waals surface area contributed by atoms with Crippen molar-refractivity contribution in [3.63, 3.8) is 0 Å². The van der Waals surface area contributed by atoms with Crippen LogP contribution < -0.4 is 10.6 Å². The minimum atomic E-state index is 0.145. The molecule has 1 aromatic heterocycles. The highest BCUT2D eigenvalue weighted by Crippen LogP contribution is 2.13. The molecular weight excluding hydrogens is 290 g/mol. The van der Waals surface area contributed by atoms with Gasteiger partial charge in [-0.1, -0.05) is 25.5 Å².